The van der Waals surface area contributed by atoms with Gasteiger partial charge in [-0.05, 0) is 19.4 Å². The number of aliphatic hydroxyl groups is 2. The maximum atomic E-state index is 13.2. The molecule has 2 atom stereocenters. The van der Waals surface area contributed by atoms with Crippen LogP contribution < -0.4 is 0 Å². The highest BCUT2D eigenvalue weighted by atomic mass is 19.1. The molecule has 1 aromatic carbocycles. The van der Waals surface area contributed by atoms with Crippen molar-refractivity contribution in [2.75, 3.05) is 0 Å². The van der Waals surface area contributed by atoms with Crippen LogP contribution in [0.3, 0.4) is 0 Å². The van der Waals surface area contributed by atoms with Crippen molar-refractivity contribution in [1.29, 1.82) is 0 Å². The van der Waals surface area contributed by atoms with Gasteiger partial charge >= 0.3 is 0 Å². The summed E-state index contributed by atoms with van der Waals surface area (Å²) in [7, 11) is 0. The Kier molecular flexibility index (Phi) is 3.61. The highest BCUT2D eigenvalue weighted by Gasteiger charge is 2.19. The molecule has 0 bridgehead atoms. The third kappa shape index (κ3) is 2.30. The van der Waals surface area contributed by atoms with Gasteiger partial charge in [-0.25, -0.2) is 4.39 Å². The lowest BCUT2D eigenvalue weighted by Gasteiger charge is -2.17. The van der Waals surface area contributed by atoms with Gasteiger partial charge in [0.1, 0.15) is 11.9 Å². The van der Waals surface area contributed by atoms with Crippen molar-refractivity contribution in [3.8, 4) is 0 Å². The molecule has 0 heterocycles. The van der Waals surface area contributed by atoms with Crippen LogP contribution in [0.25, 0.3) is 0 Å². The molecule has 0 saturated heterocycles. The van der Waals surface area contributed by atoms with Crippen LogP contribution in [0.1, 0.15) is 30.6 Å². The van der Waals surface area contributed by atoms with Crippen molar-refractivity contribution in [3.63, 3.8) is 0 Å². The summed E-state index contributed by atoms with van der Waals surface area (Å²) in [5, 5.41) is 19.0. The Labute approximate surface area is 83.0 Å². The van der Waals surface area contributed by atoms with Gasteiger partial charge in [0.25, 0.3) is 0 Å². The number of aryl methyl sites for hydroxylation is 1. The first-order valence-corrected chi connectivity index (χ1v) is 4.68. The smallest absolute Gasteiger partial charge is 0.129 e. The molecule has 1 rings (SSSR count). The van der Waals surface area contributed by atoms with Gasteiger partial charge in [0.05, 0.1) is 6.10 Å². The van der Waals surface area contributed by atoms with Crippen LogP contribution in [0, 0.1) is 12.7 Å². The van der Waals surface area contributed by atoms with Gasteiger partial charge in [0, 0.05) is 5.56 Å². The van der Waals surface area contributed by atoms with Crippen molar-refractivity contribution in [3.05, 3.63) is 35.1 Å². The quantitative estimate of drug-likeness (QED) is 0.779. The summed E-state index contributed by atoms with van der Waals surface area (Å²) in [6.07, 6.45) is -1.65. The van der Waals surface area contributed by atoms with Gasteiger partial charge in [-0.2, -0.15) is 0 Å². The van der Waals surface area contributed by atoms with Crippen molar-refractivity contribution < 1.29 is 14.6 Å². The highest BCUT2D eigenvalue weighted by Crippen LogP contribution is 2.22. The summed E-state index contributed by atoms with van der Waals surface area (Å²) in [6.45, 7) is 3.55. The lowest BCUT2D eigenvalue weighted by Crippen LogP contribution is -2.18. The Hall–Kier alpha value is -0.930. The fourth-order valence-electron chi connectivity index (χ4n) is 1.32. The van der Waals surface area contributed by atoms with Gasteiger partial charge in [0.15, 0.2) is 0 Å². The summed E-state index contributed by atoms with van der Waals surface area (Å²) in [5.41, 5.74) is 1.03. The molecule has 0 aliphatic heterocycles. The summed E-state index contributed by atoms with van der Waals surface area (Å²) in [6, 6.07) is 4.49. The lowest BCUT2D eigenvalue weighted by molar-refractivity contribution is 0.0144. The third-order valence-electron chi connectivity index (χ3n) is 2.25. The van der Waals surface area contributed by atoms with E-state index in [4.69, 9.17) is 0 Å². The fourth-order valence-corrected chi connectivity index (χ4v) is 1.32. The second kappa shape index (κ2) is 4.53. The Bertz CT molecular complexity index is 312. The predicted octanol–water partition coefficient (Wildman–Crippen LogP) is 1.94. The lowest BCUT2D eigenvalue weighted by atomic mass is 10.0. The van der Waals surface area contributed by atoms with Gasteiger partial charge in [-0.3, -0.25) is 0 Å². The first-order chi connectivity index (χ1) is 6.56. The largest absolute Gasteiger partial charge is 0.390 e. The van der Waals surface area contributed by atoms with Crippen LogP contribution >= 0.6 is 0 Å². The number of rotatable bonds is 3. The second-order valence-corrected chi connectivity index (χ2v) is 3.45. The number of hydrogen-bond donors (Lipinski definition) is 2. The first-order valence-electron chi connectivity index (χ1n) is 4.68. The predicted molar refractivity (Wildman–Crippen MR) is 52.4 cm³/mol. The van der Waals surface area contributed by atoms with Gasteiger partial charge in [0.2, 0.25) is 0 Å². The van der Waals surface area contributed by atoms with Crippen molar-refractivity contribution in [2.24, 2.45) is 0 Å². The second-order valence-electron chi connectivity index (χ2n) is 3.45. The van der Waals surface area contributed by atoms with E-state index >= 15 is 0 Å². The Morgan fingerprint density at radius 1 is 1.36 bits per heavy atom. The molecule has 1 aromatic rings. The Morgan fingerprint density at radius 3 is 2.57 bits per heavy atom. The van der Waals surface area contributed by atoms with Crippen LogP contribution in [-0.2, 0) is 0 Å². The molecule has 0 radical (unpaired) electrons. The van der Waals surface area contributed by atoms with E-state index in [0.29, 0.717) is 6.42 Å². The average molecular weight is 198 g/mol. The summed E-state index contributed by atoms with van der Waals surface area (Å²) in [4.78, 5) is 0. The minimum Gasteiger partial charge on any atom is -0.390 e. The molecule has 0 spiro atoms. The zero-order chi connectivity index (χ0) is 10.7. The van der Waals surface area contributed by atoms with Crippen LogP contribution in [0.5, 0.6) is 0 Å². The topological polar surface area (TPSA) is 40.5 Å². The van der Waals surface area contributed by atoms with Crippen LogP contribution in [0.15, 0.2) is 18.2 Å². The first kappa shape index (κ1) is 11.1. The van der Waals surface area contributed by atoms with E-state index in [9.17, 15) is 14.6 Å². The van der Waals surface area contributed by atoms with E-state index in [-0.39, 0.29) is 5.56 Å². The van der Waals surface area contributed by atoms with Crippen LogP contribution in [0.2, 0.25) is 0 Å². The molecular weight excluding hydrogens is 183 g/mol. The number of halogens is 1. The molecule has 3 heteroatoms. The zero-order valence-corrected chi connectivity index (χ0v) is 8.37. The van der Waals surface area contributed by atoms with Crippen molar-refractivity contribution in [1.82, 2.24) is 0 Å². The maximum absolute atomic E-state index is 13.2. The molecule has 2 unspecified atom stereocenters. The Balaban J connectivity index is 2.99. The number of benzene rings is 1. The molecule has 0 aliphatic rings. The summed E-state index contributed by atoms with van der Waals surface area (Å²) in [5.74, 6) is -0.476. The molecule has 14 heavy (non-hydrogen) atoms. The van der Waals surface area contributed by atoms with E-state index < -0.39 is 18.0 Å². The molecule has 0 aliphatic carbocycles. The molecule has 2 nitrogen and oxygen atoms in total. The van der Waals surface area contributed by atoms with Gasteiger partial charge in [-0.15, -0.1) is 0 Å². The van der Waals surface area contributed by atoms with Gasteiger partial charge in [-0.1, -0.05) is 24.6 Å². The summed E-state index contributed by atoms with van der Waals surface area (Å²) >= 11 is 0. The molecular formula is C11H15FO2. The van der Waals surface area contributed by atoms with Crippen LogP contribution in [0.4, 0.5) is 4.39 Å². The van der Waals surface area contributed by atoms with E-state index in [1.165, 1.54) is 6.07 Å². The van der Waals surface area contributed by atoms with E-state index in [1.54, 1.807) is 19.1 Å². The average Bonchev–Trinajstić information content (AvgIpc) is 2.19. The molecule has 2 N–H and O–H groups in total. The van der Waals surface area contributed by atoms with Crippen molar-refractivity contribution >= 4 is 0 Å². The van der Waals surface area contributed by atoms with E-state index in [0.717, 1.165) is 5.56 Å². The molecule has 0 amide bonds. The highest BCUT2D eigenvalue weighted by molar-refractivity contribution is 5.26. The molecule has 78 valence electrons. The van der Waals surface area contributed by atoms with E-state index in [1.807, 2.05) is 6.92 Å². The molecule has 0 fully saturated rings. The molecule has 0 aromatic heterocycles. The molecule has 0 saturated carbocycles. The SMILES string of the molecule is CCC(O)C(O)c1cc(C)ccc1F. The van der Waals surface area contributed by atoms with E-state index in [2.05, 4.69) is 0 Å². The zero-order valence-electron chi connectivity index (χ0n) is 8.37. The normalized spacial score (nSPS) is 15.2. The minimum atomic E-state index is -1.14. The standard InChI is InChI=1S/C11H15FO2/c1-3-10(13)11(14)8-6-7(2)4-5-9(8)12/h4-6,10-11,13-14H,3H2,1-2H3. The fraction of sp³-hybridized carbons (Fsp3) is 0.455. The summed E-state index contributed by atoms with van der Waals surface area (Å²) < 4.78 is 13.2. The van der Waals surface area contributed by atoms with Crippen LogP contribution in [-0.4, -0.2) is 16.3 Å². The maximum Gasteiger partial charge on any atom is 0.129 e. The minimum absolute atomic E-state index is 0.166. The third-order valence-corrected chi connectivity index (χ3v) is 2.25. The Morgan fingerprint density at radius 2 is 2.00 bits per heavy atom. The monoisotopic (exact) mass is 198 g/mol. The van der Waals surface area contributed by atoms with Gasteiger partial charge < -0.3 is 10.2 Å². The number of aliphatic hydroxyl groups excluding tert-OH is 2. The van der Waals surface area contributed by atoms with Crippen molar-refractivity contribution in [2.45, 2.75) is 32.5 Å². The number of hydrogen-bond acceptors (Lipinski definition) is 2.